The molecule has 1 aliphatic rings. The first-order valence-corrected chi connectivity index (χ1v) is 7.98. The van der Waals surface area contributed by atoms with Crippen molar-refractivity contribution in [3.8, 4) is 0 Å². The van der Waals surface area contributed by atoms with Crippen LogP contribution in [0.1, 0.15) is 43.7 Å². The molecule has 1 unspecified atom stereocenters. The molecule has 2 rings (SSSR count). The van der Waals surface area contributed by atoms with Crippen LogP contribution in [-0.2, 0) is 4.79 Å². The van der Waals surface area contributed by atoms with Crippen molar-refractivity contribution in [1.82, 2.24) is 5.32 Å². The Morgan fingerprint density at radius 1 is 1.32 bits per heavy atom. The van der Waals surface area contributed by atoms with Gasteiger partial charge in [0.2, 0.25) is 5.91 Å². The maximum Gasteiger partial charge on any atom is 0.233 e. The number of thioether (sulfide) groups is 1. The molecule has 0 aromatic heterocycles. The molecule has 1 aromatic rings. The molecule has 1 fully saturated rings. The molecule has 0 heterocycles. The third kappa shape index (κ3) is 4.00. The van der Waals surface area contributed by atoms with Gasteiger partial charge < -0.3 is 5.32 Å². The molecule has 0 spiro atoms. The van der Waals surface area contributed by atoms with Gasteiger partial charge in [0.25, 0.3) is 0 Å². The number of carbonyl (C=O) groups is 1. The summed E-state index contributed by atoms with van der Waals surface area (Å²) in [4.78, 5) is 13.4. The number of aryl methyl sites for hydroxylation is 2. The van der Waals surface area contributed by atoms with Gasteiger partial charge in [-0.15, -0.1) is 11.8 Å². The third-order valence-corrected chi connectivity index (χ3v) is 4.98. The summed E-state index contributed by atoms with van der Waals surface area (Å²) in [6.45, 7) is 6.20. The van der Waals surface area contributed by atoms with E-state index >= 15 is 0 Å². The van der Waals surface area contributed by atoms with Crippen molar-refractivity contribution in [3.05, 3.63) is 29.3 Å². The second-order valence-electron chi connectivity index (χ2n) is 5.52. The minimum atomic E-state index is -0.0259. The molecule has 0 saturated heterocycles. The minimum Gasteiger partial charge on any atom is -0.352 e. The van der Waals surface area contributed by atoms with Crippen molar-refractivity contribution in [3.63, 3.8) is 0 Å². The minimum absolute atomic E-state index is 0.0259. The van der Waals surface area contributed by atoms with E-state index in [4.69, 9.17) is 0 Å². The van der Waals surface area contributed by atoms with Gasteiger partial charge in [-0.2, -0.15) is 0 Å². The van der Waals surface area contributed by atoms with E-state index in [1.807, 2.05) is 6.92 Å². The lowest BCUT2D eigenvalue weighted by Gasteiger charge is -2.17. The maximum absolute atomic E-state index is 12.1. The second-order valence-corrected chi connectivity index (χ2v) is 6.90. The van der Waals surface area contributed by atoms with Gasteiger partial charge in [-0.1, -0.05) is 30.5 Å². The van der Waals surface area contributed by atoms with Gasteiger partial charge in [0, 0.05) is 10.9 Å². The largest absolute Gasteiger partial charge is 0.352 e. The van der Waals surface area contributed by atoms with Gasteiger partial charge in [-0.3, -0.25) is 4.79 Å². The SMILES string of the molecule is Cc1ccc(SC(C)C(=O)NC2CCCC2)c(C)c1. The van der Waals surface area contributed by atoms with Crippen molar-refractivity contribution in [2.24, 2.45) is 0 Å². The average molecular weight is 277 g/mol. The van der Waals surface area contributed by atoms with Crippen LogP contribution in [0, 0.1) is 13.8 Å². The van der Waals surface area contributed by atoms with E-state index in [1.165, 1.54) is 28.9 Å². The van der Waals surface area contributed by atoms with Gasteiger partial charge in [0.05, 0.1) is 5.25 Å². The van der Waals surface area contributed by atoms with Crippen LogP contribution in [0.4, 0.5) is 0 Å². The molecule has 1 saturated carbocycles. The molecule has 1 atom stereocenters. The monoisotopic (exact) mass is 277 g/mol. The molecule has 0 bridgehead atoms. The number of nitrogens with one attached hydrogen (secondary N) is 1. The lowest BCUT2D eigenvalue weighted by molar-refractivity contribution is -0.120. The van der Waals surface area contributed by atoms with E-state index < -0.39 is 0 Å². The molecule has 19 heavy (non-hydrogen) atoms. The first-order chi connectivity index (χ1) is 9.06. The van der Waals surface area contributed by atoms with Crippen LogP contribution in [0.3, 0.4) is 0 Å². The Kier molecular flexibility index (Phi) is 4.92. The summed E-state index contributed by atoms with van der Waals surface area (Å²) in [6, 6.07) is 6.81. The van der Waals surface area contributed by atoms with Crippen LogP contribution in [0.25, 0.3) is 0 Å². The molecule has 1 amide bonds. The predicted molar refractivity (Wildman–Crippen MR) is 81.6 cm³/mol. The van der Waals surface area contributed by atoms with E-state index in [-0.39, 0.29) is 11.2 Å². The van der Waals surface area contributed by atoms with Crippen molar-refractivity contribution < 1.29 is 4.79 Å². The summed E-state index contributed by atoms with van der Waals surface area (Å²) >= 11 is 1.66. The molecular weight excluding hydrogens is 254 g/mol. The Labute approximate surface area is 120 Å². The van der Waals surface area contributed by atoms with Crippen LogP contribution in [0.2, 0.25) is 0 Å². The van der Waals surface area contributed by atoms with E-state index in [2.05, 4.69) is 37.4 Å². The zero-order chi connectivity index (χ0) is 13.8. The predicted octanol–water partition coefficient (Wildman–Crippen LogP) is 3.84. The van der Waals surface area contributed by atoms with Gasteiger partial charge in [-0.25, -0.2) is 0 Å². The molecule has 1 N–H and O–H groups in total. The summed E-state index contributed by atoms with van der Waals surface area (Å²) in [6.07, 6.45) is 4.80. The molecule has 1 aromatic carbocycles. The number of amides is 1. The lowest BCUT2D eigenvalue weighted by Crippen LogP contribution is -2.37. The van der Waals surface area contributed by atoms with E-state index in [0.717, 1.165) is 12.8 Å². The van der Waals surface area contributed by atoms with E-state index in [1.54, 1.807) is 11.8 Å². The Balaban J connectivity index is 1.92. The Morgan fingerprint density at radius 2 is 2.00 bits per heavy atom. The highest BCUT2D eigenvalue weighted by atomic mass is 32.2. The van der Waals surface area contributed by atoms with Crippen LogP contribution < -0.4 is 5.32 Å². The zero-order valence-electron chi connectivity index (χ0n) is 12.0. The van der Waals surface area contributed by atoms with Gasteiger partial charge >= 0.3 is 0 Å². The summed E-state index contributed by atoms with van der Waals surface area (Å²) in [5, 5.41) is 3.14. The van der Waals surface area contributed by atoms with Gasteiger partial charge in [-0.05, 0) is 45.2 Å². The molecule has 0 radical (unpaired) electrons. The fourth-order valence-corrected chi connectivity index (χ4v) is 3.51. The third-order valence-electron chi connectivity index (χ3n) is 3.70. The highest BCUT2D eigenvalue weighted by Gasteiger charge is 2.21. The number of hydrogen-bond donors (Lipinski definition) is 1. The summed E-state index contributed by atoms with van der Waals surface area (Å²) in [5.41, 5.74) is 2.52. The highest BCUT2D eigenvalue weighted by Crippen LogP contribution is 2.28. The first kappa shape index (κ1) is 14.4. The molecular formula is C16H23NOS. The van der Waals surface area contributed by atoms with Crippen LogP contribution in [-0.4, -0.2) is 17.2 Å². The van der Waals surface area contributed by atoms with Crippen molar-refractivity contribution >= 4 is 17.7 Å². The van der Waals surface area contributed by atoms with Crippen molar-refractivity contribution in [2.45, 2.75) is 62.6 Å². The molecule has 0 aliphatic heterocycles. The second kappa shape index (κ2) is 6.47. The fraction of sp³-hybridized carbons (Fsp3) is 0.562. The van der Waals surface area contributed by atoms with Crippen LogP contribution in [0.5, 0.6) is 0 Å². The normalized spacial score (nSPS) is 17.4. The maximum atomic E-state index is 12.1. The Morgan fingerprint density at radius 3 is 2.63 bits per heavy atom. The smallest absolute Gasteiger partial charge is 0.233 e. The Hall–Kier alpha value is -0.960. The van der Waals surface area contributed by atoms with E-state index in [0.29, 0.717) is 6.04 Å². The standard InChI is InChI=1S/C16H23NOS/c1-11-8-9-15(12(2)10-11)19-13(3)16(18)17-14-6-4-5-7-14/h8-10,13-14H,4-7H2,1-3H3,(H,17,18). The lowest BCUT2D eigenvalue weighted by atomic mass is 10.2. The quantitative estimate of drug-likeness (QED) is 0.847. The summed E-state index contributed by atoms with van der Waals surface area (Å²) in [7, 11) is 0. The number of benzene rings is 1. The first-order valence-electron chi connectivity index (χ1n) is 7.10. The van der Waals surface area contributed by atoms with Crippen molar-refractivity contribution in [1.29, 1.82) is 0 Å². The molecule has 104 valence electrons. The number of rotatable bonds is 4. The van der Waals surface area contributed by atoms with Gasteiger partial charge in [0.1, 0.15) is 0 Å². The van der Waals surface area contributed by atoms with Crippen LogP contribution in [0.15, 0.2) is 23.1 Å². The fourth-order valence-electron chi connectivity index (χ4n) is 2.56. The van der Waals surface area contributed by atoms with Gasteiger partial charge in [0.15, 0.2) is 0 Å². The molecule has 3 heteroatoms. The van der Waals surface area contributed by atoms with Crippen molar-refractivity contribution in [2.75, 3.05) is 0 Å². The topological polar surface area (TPSA) is 29.1 Å². The summed E-state index contributed by atoms with van der Waals surface area (Å²) in [5.74, 6) is 0.178. The zero-order valence-corrected chi connectivity index (χ0v) is 12.8. The number of carbonyl (C=O) groups excluding carboxylic acids is 1. The average Bonchev–Trinajstić information content (AvgIpc) is 2.85. The molecule has 2 nitrogen and oxygen atoms in total. The Bertz CT molecular complexity index is 452. The molecule has 1 aliphatic carbocycles. The van der Waals surface area contributed by atoms with Crippen LogP contribution >= 0.6 is 11.8 Å². The highest BCUT2D eigenvalue weighted by molar-refractivity contribution is 8.00. The summed E-state index contributed by atoms with van der Waals surface area (Å²) < 4.78 is 0. The van der Waals surface area contributed by atoms with E-state index in [9.17, 15) is 4.79 Å². The number of hydrogen-bond acceptors (Lipinski definition) is 2.